The van der Waals surface area contributed by atoms with E-state index in [1.807, 2.05) is 0 Å². The highest BCUT2D eigenvalue weighted by Gasteiger charge is 2.31. The van der Waals surface area contributed by atoms with Gasteiger partial charge in [-0.05, 0) is 99.3 Å². The lowest BCUT2D eigenvalue weighted by molar-refractivity contribution is 0.0188. The fraction of sp³-hybridized carbons (Fsp3) is 0.552. The van der Waals surface area contributed by atoms with Crippen LogP contribution in [0.1, 0.15) is 105 Å². The molecule has 0 amide bonds. The van der Waals surface area contributed by atoms with Gasteiger partial charge in [0.05, 0.1) is 12.2 Å². The Morgan fingerprint density at radius 3 is 1.89 bits per heavy atom. The van der Waals surface area contributed by atoms with Crippen molar-refractivity contribution in [3.63, 3.8) is 0 Å². The van der Waals surface area contributed by atoms with E-state index in [0.29, 0.717) is 37.2 Å². The van der Waals surface area contributed by atoms with E-state index in [0.717, 1.165) is 32.1 Å². The van der Waals surface area contributed by atoms with Crippen molar-refractivity contribution in [2.75, 3.05) is 6.61 Å². The maximum atomic E-state index is 14.9. The summed E-state index contributed by atoms with van der Waals surface area (Å²) in [4.78, 5) is 12.7. The minimum Gasteiger partial charge on any atom is -0.491 e. The van der Waals surface area contributed by atoms with Gasteiger partial charge in [0.25, 0.3) is 0 Å². The Kier molecular flexibility index (Phi) is 8.58. The lowest BCUT2D eigenvalue weighted by Gasteiger charge is -2.29. The summed E-state index contributed by atoms with van der Waals surface area (Å²) in [7, 11) is 0. The van der Waals surface area contributed by atoms with Gasteiger partial charge in [0.15, 0.2) is 23.2 Å². The summed E-state index contributed by atoms with van der Waals surface area (Å²) in [5, 5.41) is 0. The number of carbonyl (C=O) groups is 1. The molecule has 0 spiro atoms. The van der Waals surface area contributed by atoms with Crippen molar-refractivity contribution in [1.82, 2.24) is 0 Å². The Balaban J connectivity index is 1.36. The normalized spacial score (nSPS) is 24.4. The van der Waals surface area contributed by atoms with Gasteiger partial charge in [0, 0.05) is 0 Å². The van der Waals surface area contributed by atoms with Crippen molar-refractivity contribution in [2.45, 2.75) is 89.6 Å². The molecule has 196 valence electrons. The second-order valence-corrected chi connectivity index (χ2v) is 10.0. The molecular formula is C29H34F4O3. The predicted octanol–water partition coefficient (Wildman–Crippen LogP) is 8.21. The highest BCUT2D eigenvalue weighted by molar-refractivity contribution is 5.90. The number of carbonyl (C=O) groups excluding carboxylic acids is 1. The molecule has 0 aliphatic heterocycles. The third-order valence-electron chi connectivity index (χ3n) is 7.96. The molecule has 2 aliphatic carbocycles. The van der Waals surface area contributed by atoms with Gasteiger partial charge in [-0.1, -0.05) is 25.5 Å². The number of hydrogen-bond acceptors (Lipinski definition) is 3. The standard InChI is InChI=1S/C29H34F4O3/c1-3-17-5-7-18(8-6-17)21-13-14-23(27(32)25(21)30)29(34)36-20-11-9-19(10-12-20)22-15-16-24(35-4-2)28(33)26(22)31/h13-20H,3-12H2,1-2H3. The second kappa shape index (κ2) is 11.7. The van der Waals surface area contributed by atoms with Crippen molar-refractivity contribution in [3.05, 3.63) is 64.2 Å². The quantitative estimate of drug-likeness (QED) is 0.280. The van der Waals surface area contributed by atoms with Crippen LogP contribution in [-0.2, 0) is 4.74 Å². The van der Waals surface area contributed by atoms with Crippen LogP contribution in [0.4, 0.5) is 17.6 Å². The number of rotatable bonds is 7. The van der Waals surface area contributed by atoms with Crippen molar-refractivity contribution in [3.8, 4) is 5.75 Å². The van der Waals surface area contributed by atoms with Crippen LogP contribution in [-0.4, -0.2) is 18.7 Å². The summed E-state index contributed by atoms with van der Waals surface area (Å²) in [5.74, 6) is -4.65. The summed E-state index contributed by atoms with van der Waals surface area (Å²) >= 11 is 0. The molecule has 0 unspecified atom stereocenters. The van der Waals surface area contributed by atoms with Gasteiger partial charge in [0.2, 0.25) is 5.82 Å². The number of esters is 1. The molecule has 2 aromatic rings. The van der Waals surface area contributed by atoms with E-state index in [2.05, 4.69) is 6.92 Å². The zero-order chi connectivity index (χ0) is 25.8. The molecule has 2 saturated carbocycles. The monoisotopic (exact) mass is 506 g/mol. The fourth-order valence-corrected chi connectivity index (χ4v) is 5.75. The molecule has 0 saturated heterocycles. The highest BCUT2D eigenvalue weighted by atomic mass is 19.2. The highest BCUT2D eigenvalue weighted by Crippen LogP contribution is 2.40. The lowest BCUT2D eigenvalue weighted by atomic mass is 9.77. The van der Waals surface area contributed by atoms with Crippen LogP contribution in [0.25, 0.3) is 0 Å². The minimum absolute atomic E-state index is 0.0320. The third-order valence-corrected chi connectivity index (χ3v) is 7.96. The first-order chi connectivity index (χ1) is 17.3. The third kappa shape index (κ3) is 5.55. The first-order valence-corrected chi connectivity index (χ1v) is 13.1. The molecule has 2 aromatic carbocycles. The van der Waals surface area contributed by atoms with Gasteiger partial charge in [-0.25, -0.2) is 18.0 Å². The van der Waals surface area contributed by atoms with Crippen LogP contribution in [0.5, 0.6) is 5.75 Å². The molecule has 2 fully saturated rings. The summed E-state index contributed by atoms with van der Waals surface area (Å²) in [6.45, 7) is 4.08. The first kappa shape index (κ1) is 26.5. The molecular weight excluding hydrogens is 472 g/mol. The van der Waals surface area contributed by atoms with E-state index in [1.165, 1.54) is 24.3 Å². The number of benzene rings is 2. The molecule has 3 nitrogen and oxygen atoms in total. The summed E-state index contributed by atoms with van der Waals surface area (Å²) < 4.78 is 69.2. The smallest absolute Gasteiger partial charge is 0.341 e. The van der Waals surface area contributed by atoms with Crippen molar-refractivity contribution in [2.24, 2.45) is 5.92 Å². The van der Waals surface area contributed by atoms with Gasteiger partial charge in [-0.2, -0.15) is 4.39 Å². The Labute approximate surface area is 210 Å². The molecule has 2 aliphatic rings. The van der Waals surface area contributed by atoms with Crippen LogP contribution in [0.3, 0.4) is 0 Å². The average Bonchev–Trinajstić information content (AvgIpc) is 2.89. The fourth-order valence-electron chi connectivity index (χ4n) is 5.75. The van der Waals surface area contributed by atoms with E-state index in [-0.39, 0.29) is 29.8 Å². The Morgan fingerprint density at radius 1 is 0.750 bits per heavy atom. The Bertz CT molecular complexity index is 1070. The van der Waals surface area contributed by atoms with E-state index < -0.39 is 40.9 Å². The van der Waals surface area contributed by atoms with Crippen LogP contribution in [0.15, 0.2) is 24.3 Å². The molecule has 4 rings (SSSR count). The van der Waals surface area contributed by atoms with E-state index in [4.69, 9.17) is 9.47 Å². The van der Waals surface area contributed by atoms with E-state index >= 15 is 0 Å². The second-order valence-electron chi connectivity index (χ2n) is 10.0. The molecule has 36 heavy (non-hydrogen) atoms. The molecule has 0 aromatic heterocycles. The molecule has 7 heteroatoms. The van der Waals surface area contributed by atoms with Crippen LogP contribution in [0, 0.1) is 29.2 Å². The van der Waals surface area contributed by atoms with Gasteiger partial charge < -0.3 is 9.47 Å². The molecule has 0 heterocycles. The van der Waals surface area contributed by atoms with Gasteiger partial charge >= 0.3 is 5.97 Å². The molecule has 0 atom stereocenters. The van der Waals surface area contributed by atoms with E-state index in [1.54, 1.807) is 6.92 Å². The average molecular weight is 507 g/mol. The SMILES string of the molecule is CCOc1ccc(C2CCC(OC(=O)c3ccc(C4CCC(CC)CC4)c(F)c3F)CC2)c(F)c1F. The van der Waals surface area contributed by atoms with Crippen LogP contribution >= 0.6 is 0 Å². The Morgan fingerprint density at radius 2 is 1.31 bits per heavy atom. The topological polar surface area (TPSA) is 35.5 Å². The zero-order valence-corrected chi connectivity index (χ0v) is 20.9. The summed E-state index contributed by atoms with van der Waals surface area (Å²) in [6, 6.07) is 5.81. The number of hydrogen-bond donors (Lipinski definition) is 0. The van der Waals surface area contributed by atoms with Crippen molar-refractivity contribution >= 4 is 5.97 Å². The summed E-state index contributed by atoms with van der Waals surface area (Å²) in [6.07, 6.45) is 6.07. The lowest BCUT2D eigenvalue weighted by Crippen LogP contribution is -2.25. The maximum Gasteiger partial charge on any atom is 0.341 e. The maximum absolute atomic E-state index is 14.9. The molecule has 0 radical (unpaired) electrons. The molecule has 0 bridgehead atoms. The largest absolute Gasteiger partial charge is 0.491 e. The predicted molar refractivity (Wildman–Crippen MR) is 129 cm³/mol. The van der Waals surface area contributed by atoms with E-state index in [9.17, 15) is 22.4 Å². The zero-order valence-electron chi connectivity index (χ0n) is 20.9. The van der Waals surface area contributed by atoms with Gasteiger partial charge in [0.1, 0.15) is 6.10 Å². The number of halogens is 4. The van der Waals surface area contributed by atoms with Crippen LogP contribution in [0.2, 0.25) is 0 Å². The van der Waals surface area contributed by atoms with Crippen molar-refractivity contribution in [1.29, 1.82) is 0 Å². The minimum atomic E-state index is -1.16. The van der Waals surface area contributed by atoms with Crippen LogP contribution < -0.4 is 4.74 Å². The first-order valence-electron chi connectivity index (χ1n) is 13.1. The van der Waals surface area contributed by atoms with Gasteiger partial charge in [-0.3, -0.25) is 0 Å². The molecule has 0 N–H and O–H groups in total. The number of ether oxygens (including phenoxy) is 2. The summed E-state index contributed by atoms with van der Waals surface area (Å²) in [5.41, 5.74) is 0.210. The Hall–Kier alpha value is -2.57. The van der Waals surface area contributed by atoms with Crippen molar-refractivity contribution < 1.29 is 31.8 Å². The van der Waals surface area contributed by atoms with Gasteiger partial charge in [-0.15, -0.1) is 0 Å².